The Labute approximate surface area is 64.3 Å². The van der Waals surface area contributed by atoms with Crippen molar-refractivity contribution in [2.45, 2.75) is 25.0 Å². The summed E-state index contributed by atoms with van der Waals surface area (Å²) in [6.07, 6.45) is 1.36. The van der Waals surface area contributed by atoms with Crippen molar-refractivity contribution < 1.29 is 14.6 Å². The van der Waals surface area contributed by atoms with E-state index in [9.17, 15) is 9.90 Å². The molecule has 5 atom stereocenters. The Kier molecular flexibility index (Phi) is 0.876. The van der Waals surface area contributed by atoms with Crippen molar-refractivity contribution in [2.75, 3.05) is 0 Å². The highest BCUT2D eigenvalue weighted by atomic mass is 16.6. The van der Waals surface area contributed by atoms with Crippen molar-refractivity contribution in [3.05, 3.63) is 0 Å². The van der Waals surface area contributed by atoms with Crippen LogP contribution >= 0.6 is 0 Å². The van der Waals surface area contributed by atoms with Gasteiger partial charge in [-0.15, -0.1) is 0 Å². The quantitative estimate of drug-likeness (QED) is 0.497. The molecule has 2 bridgehead atoms. The summed E-state index contributed by atoms with van der Waals surface area (Å²) in [6, 6.07) is 0. The first-order valence-corrected chi connectivity index (χ1v) is 4.16. The second-order valence-electron chi connectivity index (χ2n) is 3.89. The molecule has 2 saturated carbocycles. The van der Waals surface area contributed by atoms with Gasteiger partial charge in [-0.2, -0.15) is 0 Å². The van der Waals surface area contributed by atoms with E-state index in [2.05, 4.69) is 0 Å². The zero-order valence-corrected chi connectivity index (χ0v) is 6.06. The maximum absolute atomic E-state index is 11.1. The van der Waals surface area contributed by atoms with E-state index in [0.29, 0.717) is 11.8 Å². The van der Waals surface area contributed by atoms with Gasteiger partial charge in [-0.05, 0) is 18.8 Å². The first-order chi connectivity index (χ1) is 5.27. The molecule has 1 aliphatic heterocycles. The molecule has 0 radical (unpaired) electrons. The van der Waals surface area contributed by atoms with E-state index in [1.54, 1.807) is 0 Å². The highest BCUT2D eigenvalue weighted by Crippen LogP contribution is 2.54. The van der Waals surface area contributed by atoms with Crippen LogP contribution in [0.1, 0.15) is 12.8 Å². The highest BCUT2D eigenvalue weighted by Gasteiger charge is 2.61. The molecular weight excluding hydrogens is 144 g/mol. The molecule has 0 spiro atoms. The molecule has 3 nitrogen and oxygen atoms in total. The summed E-state index contributed by atoms with van der Waals surface area (Å²) in [7, 11) is 0. The highest BCUT2D eigenvalue weighted by molar-refractivity contribution is 5.76. The van der Waals surface area contributed by atoms with Crippen molar-refractivity contribution >= 4 is 5.97 Å². The molecule has 0 aromatic rings. The van der Waals surface area contributed by atoms with Gasteiger partial charge in [0.2, 0.25) is 0 Å². The number of aliphatic hydroxyl groups is 1. The van der Waals surface area contributed by atoms with Gasteiger partial charge in [0.25, 0.3) is 0 Å². The Morgan fingerprint density at radius 2 is 2.27 bits per heavy atom. The predicted octanol–water partition coefficient (Wildman–Crippen LogP) is -0.0713. The molecule has 3 heteroatoms. The molecule has 3 unspecified atom stereocenters. The lowest BCUT2D eigenvalue weighted by atomic mass is 9.88. The van der Waals surface area contributed by atoms with Crippen LogP contribution in [0.5, 0.6) is 0 Å². The number of hydrogen-bond acceptors (Lipinski definition) is 3. The lowest BCUT2D eigenvalue weighted by Crippen LogP contribution is -2.31. The van der Waals surface area contributed by atoms with Crippen molar-refractivity contribution in [3.63, 3.8) is 0 Å². The predicted molar refractivity (Wildman–Crippen MR) is 35.6 cm³/mol. The van der Waals surface area contributed by atoms with E-state index < -0.39 is 0 Å². The lowest BCUT2D eigenvalue weighted by Gasteiger charge is -2.19. The molecule has 0 amide bonds. The number of fused-ring (bicyclic) bond motifs is 1. The molecule has 1 heterocycles. The third-order valence-corrected chi connectivity index (χ3v) is 3.44. The second kappa shape index (κ2) is 1.61. The molecule has 0 aromatic carbocycles. The van der Waals surface area contributed by atoms with Gasteiger partial charge >= 0.3 is 5.97 Å². The minimum atomic E-state index is -0.359. The first-order valence-electron chi connectivity index (χ1n) is 4.16. The number of ether oxygens (including phenoxy) is 1. The maximum atomic E-state index is 11.1. The van der Waals surface area contributed by atoms with Gasteiger partial charge in [0.15, 0.2) is 0 Å². The molecule has 1 saturated heterocycles. The monoisotopic (exact) mass is 154 g/mol. The van der Waals surface area contributed by atoms with E-state index in [1.807, 2.05) is 0 Å². The smallest absolute Gasteiger partial charge is 0.309 e. The minimum absolute atomic E-state index is 0.0703. The van der Waals surface area contributed by atoms with Crippen LogP contribution < -0.4 is 0 Å². The van der Waals surface area contributed by atoms with Crippen molar-refractivity contribution in [2.24, 2.45) is 17.8 Å². The van der Waals surface area contributed by atoms with Crippen molar-refractivity contribution in [3.8, 4) is 0 Å². The Balaban J connectivity index is 2.04. The van der Waals surface area contributed by atoms with Gasteiger partial charge in [0.05, 0.1) is 12.0 Å². The maximum Gasteiger partial charge on any atom is 0.309 e. The topological polar surface area (TPSA) is 46.5 Å². The van der Waals surface area contributed by atoms with Crippen LogP contribution in [0.15, 0.2) is 0 Å². The van der Waals surface area contributed by atoms with E-state index in [0.717, 1.165) is 12.8 Å². The minimum Gasteiger partial charge on any atom is -0.459 e. The van der Waals surface area contributed by atoms with Gasteiger partial charge in [-0.25, -0.2) is 0 Å². The third-order valence-electron chi connectivity index (χ3n) is 3.44. The van der Waals surface area contributed by atoms with E-state index in [1.165, 1.54) is 0 Å². The Morgan fingerprint density at radius 3 is 2.91 bits per heavy atom. The molecule has 11 heavy (non-hydrogen) atoms. The standard InChI is InChI=1S/C8H10O3/c9-6-3-1-4-5(2-3)8(10)11-7(4)6/h3-7,9H,1-2H2/t3-,4+,5?,6?,7?/m0/s1. The largest absolute Gasteiger partial charge is 0.459 e. The number of rotatable bonds is 0. The average molecular weight is 154 g/mol. The van der Waals surface area contributed by atoms with Crippen molar-refractivity contribution in [1.29, 1.82) is 0 Å². The molecule has 3 rings (SSSR count). The van der Waals surface area contributed by atoms with Crippen LogP contribution in [0, 0.1) is 17.8 Å². The Bertz CT molecular complexity index is 225. The number of carbonyl (C=O) groups excluding carboxylic acids is 1. The zero-order chi connectivity index (χ0) is 7.59. The van der Waals surface area contributed by atoms with Crippen LogP contribution in [0.3, 0.4) is 0 Å². The Morgan fingerprint density at radius 1 is 1.45 bits per heavy atom. The Hall–Kier alpha value is -0.570. The number of carbonyl (C=O) groups is 1. The summed E-state index contributed by atoms with van der Waals surface area (Å²) in [5.74, 6) is 0.761. The van der Waals surface area contributed by atoms with Gasteiger partial charge in [-0.3, -0.25) is 4.79 Å². The van der Waals surface area contributed by atoms with Gasteiger partial charge in [-0.1, -0.05) is 0 Å². The fourth-order valence-corrected chi connectivity index (χ4v) is 2.92. The van der Waals surface area contributed by atoms with Crippen LogP contribution in [0.25, 0.3) is 0 Å². The average Bonchev–Trinajstić information content (AvgIpc) is 2.53. The van der Waals surface area contributed by atoms with E-state index >= 15 is 0 Å². The molecule has 3 fully saturated rings. The normalized spacial score (nSPS) is 58.6. The van der Waals surface area contributed by atoms with Gasteiger partial charge in [0, 0.05) is 5.92 Å². The summed E-state index contributed by atoms with van der Waals surface area (Å²) in [4.78, 5) is 11.1. The summed E-state index contributed by atoms with van der Waals surface area (Å²) in [5, 5.41) is 9.55. The molecule has 2 aliphatic carbocycles. The van der Waals surface area contributed by atoms with E-state index in [-0.39, 0.29) is 24.1 Å². The van der Waals surface area contributed by atoms with Gasteiger partial charge in [0.1, 0.15) is 6.10 Å². The molecule has 60 valence electrons. The summed E-state index contributed by atoms with van der Waals surface area (Å²) in [6.45, 7) is 0. The van der Waals surface area contributed by atoms with Crippen LogP contribution in [-0.4, -0.2) is 23.3 Å². The van der Waals surface area contributed by atoms with Gasteiger partial charge < -0.3 is 9.84 Å². The second-order valence-corrected chi connectivity index (χ2v) is 3.89. The zero-order valence-electron chi connectivity index (χ0n) is 6.06. The molecule has 1 N–H and O–H groups in total. The summed E-state index contributed by atoms with van der Waals surface area (Å²) in [5.41, 5.74) is 0. The van der Waals surface area contributed by atoms with Crippen LogP contribution in [0.4, 0.5) is 0 Å². The fraction of sp³-hybridized carbons (Fsp3) is 0.875. The molecule has 3 aliphatic rings. The molecule has 0 aromatic heterocycles. The first kappa shape index (κ1) is 6.00. The SMILES string of the molecule is O=C1OC2C(O)[C@@H]3CC1[C@H]2C3. The third kappa shape index (κ3) is 0.527. The molecular formula is C8H10O3. The van der Waals surface area contributed by atoms with Crippen LogP contribution in [-0.2, 0) is 9.53 Å². The lowest BCUT2D eigenvalue weighted by molar-refractivity contribution is -0.145. The number of esters is 1. The summed E-state index contributed by atoms with van der Waals surface area (Å²) < 4.78 is 5.06. The number of hydrogen-bond donors (Lipinski definition) is 1. The van der Waals surface area contributed by atoms with E-state index in [4.69, 9.17) is 4.74 Å². The van der Waals surface area contributed by atoms with Crippen molar-refractivity contribution in [1.82, 2.24) is 0 Å². The van der Waals surface area contributed by atoms with Crippen LogP contribution in [0.2, 0.25) is 0 Å². The number of aliphatic hydroxyl groups excluding tert-OH is 1. The summed E-state index contributed by atoms with van der Waals surface area (Å²) >= 11 is 0. The fourth-order valence-electron chi connectivity index (χ4n) is 2.92.